The van der Waals surface area contributed by atoms with Gasteiger partial charge in [0.1, 0.15) is 0 Å². The van der Waals surface area contributed by atoms with E-state index in [-0.39, 0.29) is 0 Å². The van der Waals surface area contributed by atoms with Crippen LogP contribution in [0.2, 0.25) is 0 Å². The number of rotatable bonds is 2. The van der Waals surface area contributed by atoms with Crippen molar-refractivity contribution in [2.45, 2.75) is 18.9 Å². The lowest BCUT2D eigenvalue weighted by Crippen LogP contribution is -2.28. The Balaban J connectivity index is 1.80. The average molecular weight is 230 g/mol. The topological polar surface area (TPSA) is 59.9 Å². The summed E-state index contributed by atoms with van der Waals surface area (Å²) in [7, 11) is 0. The minimum atomic E-state index is 0.407. The Bertz CT molecular complexity index is 511. The Morgan fingerprint density at radius 3 is 3.00 bits per heavy atom. The summed E-state index contributed by atoms with van der Waals surface area (Å²) >= 11 is 0. The first-order valence-electron chi connectivity index (χ1n) is 5.84. The van der Waals surface area contributed by atoms with E-state index in [4.69, 9.17) is 4.74 Å². The number of ether oxygens (including phenoxy) is 1. The van der Waals surface area contributed by atoms with E-state index in [9.17, 15) is 0 Å². The number of anilines is 1. The second-order valence-electron chi connectivity index (χ2n) is 4.14. The monoisotopic (exact) mass is 230 g/mol. The van der Waals surface area contributed by atoms with E-state index >= 15 is 0 Å². The molecule has 1 saturated heterocycles. The second-order valence-corrected chi connectivity index (χ2v) is 4.14. The van der Waals surface area contributed by atoms with Gasteiger partial charge in [-0.15, -0.1) is 0 Å². The molecule has 17 heavy (non-hydrogen) atoms. The second kappa shape index (κ2) is 4.63. The van der Waals surface area contributed by atoms with Crippen LogP contribution >= 0.6 is 0 Å². The molecule has 0 saturated carbocycles. The number of hydrogen-bond donors (Lipinski definition) is 1. The van der Waals surface area contributed by atoms with E-state index in [0.717, 1.165) is 37.1 Å². The zero-order valence-corrected chi connectivity index (χ0v) is 9.47. The number of fused-ring (bicyclic) bond motifs is 1. The van der Waals surface area contributed by atoms with Crippen molar-refractivity contribution in [1.82, 2.24) is 15.0 Å². The standard InChI is InChI=1S/C12H14N4O/c1-2-9-8-14-12(16-11(9)13-5-1)15-10-3-6-17-7-4-10/h1-2,5,8,10H,3-4,6-7H2,(H,13,14,15,16). The maximum absolute atomic E-state index is 5.31. The highest BCUT2D eigenvalue weighted by atomic mass is 16.5. The predicted octanol–water partition coefficient (Wildman–Crippen LogP) is 1.62. The fourth-order valence-corrected chi connectivity index (χ4v) is 1.96. The summed E-state index contributed by atoms with van der Waals surface area (Å²) in [4.78, 5) is 12.9. The maximum atomic E-state index is 5.31. The quantitative estimate of drug-likeness (QED) is 0.849. The summed E-state index contributed by atoms with van der Waals surface area (Å²) in [5.74, 6) is 0.656. The average Bonchev–Trinajstić information content (AvgIpc) is 2.40. The van der Waals surface area contributed by atoms with E-state index in [2.05, 4.69) is 20.3 Å². The van der Waals surface area contributed by atoms with E-state index in [1.165, 1.54) is 0 Å². The molecule has 2 aromatic rings. The lowest BCUT2D eigenvalue weighted by molar-refractivity contribution is 0.0903. The van der Waals surface area contributed by atoms with E-state index in [0.29, 0.717) is 12.0 Å². The van der Waals surface area contributed by atoms with Gasteiger partial charge in [0.15, 0.2) is 5.65 Å². The van der Waals surface area contributed by atoms with Crippen LogP contribution in [0.5, 0.6) is 0 Å². The molecule has 0 amide bonds. The Kier molecular flexibility index (Phi) is 2.83. The highest BCUT2D eigenvalue weighted by Gasteiger charge is 2.14. The smallest absolute Gasteiger partial charge is 0.224 e. The van der Waals surface area contributed by atoms with Gasteiger partial charge in [-0.2, -0.15) is 4.98 Å². The van der Waals surface area contributed by atoms with E-state index in [1.54, 1.807) is 12.4 Å². The summed E-state index contributed by atoms with van der Waals surface area (Å²) in [6.45, 7) is 1.62. The fourth-order valence-electron chi connectivity index (χ4n) is 1.96. The third-order valence-electron chi connectivity index (χ3n) is 2.91. The summed E-state index contributed by atoms with van der Waals surface area (Å²) < 4.78 is 5.31. The van der Waals surface area contributed by atoms with Crippen LogP contribution in [0.25, 0.3) is 11.0 Å². The fraction of sp³-hybridized carbons (Fsp3) is 0.417. The number of pyridine rings is 1. The Labute approximate surface area is 99.3 Å². The molecule has 1 N–H and O–H groups in total. The molecule has 0 unspecified atom stereocenters. The van der Waals surface area contributed by atoms with Crippen LogP contribution in [0.1, 0.15) is 12.8 Å². The normalized spacial score (nSPS) is 17.2. The van der Waals surface area contributed by atoms with Crippen LogP contribution < -0.4 is 5.32 Å². The van der Waals surface area contributed by atoms with Crippen LogP contribution in [-0.2, 0) is 4.74 Å². The lowest BCUT2D eigenvalue weighted by Gasteiger charge is -2.22. The van der Waals surface area contributed by atoms with Crippen molar-refractivity contribution in [1.29, 1.82) is 0 Å². The minimum Gasteiger partial charge on any atom is -0.381 e. The van der Waals surface area contributed by atoms with Gasteiger partial charge >= 0.3 is 0 Å². The first-order valence-corrected chi connectivity index (χ1v) is 5.84. The molecule has 0 radical (unpaired) electrons. The van der Waals surface area contributed by atoms with Crippen LogP contribution in [-0.4, -0.2) is 34.2 Å². The molecular formula is C12H14N4O. The molecule has 3 rings (SSSR count). The molecular weight excluding hydrogens is 216 g/mol. The van der Waals surface area contributed by atoms with Crippen molar-refractivity contribution in [2.24, 2.45) is 0 Å². The molecule has 1 aliphatic heterocycles. The summed E-state index contributed by atoms with van der Waals surface area (Å²) in [6, 6.07) is 4.25. The molecule has 1 aliphatic rings. The highest BCUT2D eigenvalue weighted by molar-refractivity contribution is 5.74. The molecule has 0 aliphatic carbocycles. The van der Waals surface area contributed by atoms with Gasteiger partial charge in [-0.3, -0.25) is 0 Å². The number of aromatic nitrogens is 3. The van der Waals surface area contributed by atoms with Gasteiger partial charge in [0.25, 0.3) is 0 Å². The molecule has 0 spiro atoms. The molecule has 0 atom stereocenters. The van der Waals surface area contributed by atoms with Crippen LogP contribution in [0.15, 0.2) is 24.5 Å². The molecule has 1 fully saturated rings. The Morgan fingerprint density at radius 2 is 2.12 bits per heavy atom. The van der Waals surface area contributed by atoms with Gasteiger partial charge in [-0.05, 0) is 25.0 Å². The Hall–Kier alpha value is -1.75. The summed E-state index contributed by atoms with van der Waals surface area (Å²) in [5, 5.41) is 4.29. The highest BCUT2D eigenvalue weighted by Crippen LogP contribution is 2.13. The molecule has 0 aromatic carbocycles. The molecule has 0 bridgehead atoms. The zero-order chi connectivity index (χ0) is 11.5. The first-order chi connectivity index (χ1) is 8.42. The largest absolute Gasteiger partial charge is 0.381 e. The number of nitrogens with zero attached hydrogens (tertiary/aromatic N) is 3. The van der Waals surface area contributed by atoms with Crippen LogP contribution in [0, 0.1) is 0 Å². The summed E-state index contributed by atoms with van der Waals surface area (Å²) in [6.07, 6.45) is 5.55. The minimum absolute atomic E-state index is 0.407. The SMILES string of the molecule is c1cnc2nc(NC3CCOCC3)ncc2c1. The first kappa shape index (κ1) is 10.4. The zero-order valence-electron chi connectivity index (χ0n) is 9.47. The van der Waals surface area contributed by atoms with Crippen LogP contribution in [0.4, 0.5) is 5.95 Å². The van der Waals surface area contributed by atoms with Crippen molar-refractivity contribution in [3.8, 4) is 0 Å². The van der Waals surface area contributed by atoms with Crippen molar-refractivity contribution in [2.75, 3.05) is 18.5 Å². The van der Waals surface area contributed by atoms with Crippen LogP contribution in [0.3, 0.4) is 0 Å². The van der Waals surface area contributed by atoms with Crippen molar-refractivity contribution < 1.29 is 4.74 Å². The van der Waals surface area contributed by atoms with Gasteiger partial charge in [0, 0.05) is 37.0 Å². The molecule has 2 aromatic heterocycles. The third-order valence-corrected chi connectivity index (χ3v) is 2.91. The lowest BCUT2D eigenvalue weighted by atomic mass is 10.1. The van der Waals surface area contributed by atoms with Crippen molar-refractivity contribution in [3.05, 3.63) is 24.5 Å². The van der Waals surface area contributed by atoms with Gasteiger partial charge in [-0.1, -0.05) is 0 Å². The molecule has 88 valence electrons. The van der Waals surface area contributed by atoms with Gasteiger partial charge < -0.3 is 10.1 Å². The number of hydrogen-bond acceptors (Lipinski definition) is 5. The van der Waals surface area contributed by atoms with Crippen molar-refractivity contribution >= 4 is 17.0 Å². The maximum Gasteiger partial charge on any atom is 0.224 e. The number of nitrogens with one attached hydrogen (secondary N) is 1. The van der Waals surface area contributed by atoms with Gasteiger partial charge in [-0.25, -0.2) is 9.97 Å². The molecule has 5 heteroatoms. The molecule has 5 nitrogen and oxygen atoms in total. The van der Waals surface area contributed by atoms with Gasteiger partial charge in [0.2, 0.25) is 5.95 Å². The third kappa shape index (κ3) is 2.34. The Morgan fingerprint density at radius 1 is 1.24 bits per heavy atom. The summed E-state index contributed by atoms with van der Waals surface area (Å²) in [5.41, 5.74) is 0.733. The predicted molar refractivity (Wildman–Crippen MR) is 64.8 cm³/mol. The van der Waals surface area contributed by atoms with Gasteiger partial charge in [0.05, 0.1) is 0 Å². The van der Waals surface area contributed by atoms with E-state index in [1.807, 2.05) is 12.1 Å². The van der Waals surface area contributed by atoms with Crippen molar-refractivity contribution in [3.63, 3.8) is 0 Å². The molecule has 3 heterocycles. The van der Waals surface area contributed by atoms with E-state index < -0.39 is 0 Å².